The van der Waals surface area contributed by atoms with Crippen molar-refractivity contribution in [3.8, 4) is 0 Å². The van der Waals surface area contributed by atoms with Gasteiger partial charge in [0.25, 0.3) is 5.91 Å². The number of rotatable bonds is 10. The third-order valence-electron chi connectivity index (χ3n) is 8.42. The molecule has 0 aliphatic carbocycles. The van der Waals surface area contributed by atoms with Crippen LogP contribution in [-0.4, -0.2) is 73.7 Å². The highest BCUT2D eigenvalue weighted by atomic mass is 16.2. The summed E-state index contributed by atoms with van der Waals surface area (Å²) in [5.41, 5.74) is 2.60. The summed E-state index contributed by atoms with van der Waals surface area (Å²) in [6.07, 6.45) is 5.97. The van der Waals surface area contributed by atoms with Gasteiger partial charge in [-0.25, -0.2) is 0 Å². The second-order valence-electron chi connectivity index (χ2n) is 11.5. The summed E-state index contributed by atoms with van der Waals surface area (Å²) in [5, 5.41) is 15.6. The zero-order valence-corrected chi connectivity index (χ0v) is 24.1. The van der Waals surface area contributed by atoms with Crippen LogP contribution in [0, 0.1) is 24.2 Å². The summed E-state index contributed by atoms with van der Waals surface area (Å²) in [6, 6.07) is 13.7. The lowest BCUT2D eigenvalue weighted by molar-refractivity contribution is -0.153. The van der Waals surface area contributed by atoms with Gasteiger partial charge in [-0.1, -0.05) is 50.6 Å². The fourth-order valence-electron chi connectivity index (χ4n) is 6.12. The van der Waals surface area contributed by atoms with Gasteiger partial charge in [0.1, 0.15) is 0 Å². The lowest BCUT2D eigenvalue weighted by Gasteiger charge is -2.51. The van der Waals surface area contributed by atoms with Crippen LogP contribution in [0.1, 0.15) is 60.4 Å². The minimum atomic E-state index is -0.473. The van der Waals surface area contributed by atoms with E-state index in [2.05, 4.69) is 27.5 Å². The molecule has 1 aromatic carbocycles. The number of nitrogens with one attached hydrogen (secondary N) is 1. The number of benzene rings is 1. The second kappa shape index (κ2) is 12.2. The largest absolute Gasteiger partial charge is 0.350 e. The van der Waals surface area contributed by atoms with Crippen molar-refractivity contribution in [2.45, 2.75) is 53.1 Å². The number of hydrogen-bond acceptors (Lipinski definition) is 6. The van der Waals surface area contributed by atoms with Gasteiger partial charge < -0.3 is 15.1 Å². The number of carbonyl (C=O) groups excluding carboxylic acids is 3. The first kappa shape index (κ1) is 28.4. The molecule has 2 saturated heterocycles. The number of nitrogens with zero attached hydrogens (tertiary/aromatic N) is 6. The molecule has 2 aromatic heterocycles. The first-order valence-corrected chi connectivity index (χ1v) is 14.5. The maximum Gasteiger partial charge on any atom is 0.257 e. The molecule has 10 heteroatoms. The minimum Gasteiger partial charge on any atom is -0.350 e. The molecule has 0 unspecified atom stereocenters. The fourth-order valence-corrected chi connectivity index (χ4v) is 6.12. The molecule has 216 valence electrons. The molecule has 1 N–H and O–H groups in total. The van der Waals surface area contributed by atoms with Gasteiger partial charge in [0.05, 0.1) is 42.2 Å². The van der Waals surface area contributed by atoms with Crippen LogP contribution in [0.2, 0.25) is 0 Å². The van der Waals surface area contributed by atoms with Gasteiger partial charge in [0, 0.05) is 43.7 Å². The van der Waals surface area contributed by atoms with E-state index in [4.69, 9.17) is 0 Å². The Morgan fingerprint density at radius 3 is 2.46 bits per heavy atom. The van der Waals surface area contributed by atoms with Crippen LogP contribution in [-0.2, 0) is 22.7 Å². The highest BCUT2D eigenvalue weighted by Crippen LogP contribution is 2.45. The van der Waals surface area contributed by atoms with Crippen molar-refractivity contribution in [2.24, 2.45) is 17.3 Å². The first-order chi connectivity index (χ1) is 19.8. The topological polar surface area (TPSA) is 113 Å². The van der Waals surface area contributed by atoms with E-state index in [1.807, 2.05) is 61.2 Å². The summed E-state index contributed by atoms with van der Waals surface area (Å²) in [7, 11) is 0. The van der Waals surface area contributed by atoms with E-state index in [-0.39, 0.29) is 30.2 Å². The molecule has 41 heavy (non-hydrogen) atoms. The van der Waals surface area contributed by atoms with Crippen LogP contribution >= 0.6 is 0 Å². The molecule has 1 spiro atoms. The Bertz CT molecular complexity index is 1370. The first-order valence-electron chi connectivity index (χ1n) is 14.5. The van der Waals surface area contributed by atoms with Gasteiger partial charge in [-0.15, -0.1) is 0 Å². The van der Waals surface area contributed by atoms with E-state index in [1.54, 1.807) is 22.0 Å². The number of carbonyl (C=O) groups is 3. The molecule has 0 bridgehead atoms. The van der Waals surface area contributed by atoms with Crippen molar-refractivity contribution >= 4 is 17.7 Å². The second-order valence-corrected chi connectivity index (χ2v) is 11.5. The maximum absolute atomic E-state index is 13.6. The highest BCUT2D eigenvalue weighted by Gasteiger charge is 2.59. The van der Waals surface area contributed by atoms with E-state index in [0.717, 1.165) is 30.5 Å². The lowest BCUT2D eigenvalue weighted by atomic mass is 9.70. The Morgan fingerprint density at radius 1 is 1.02 bits per heavy atom. The molecule has 0 saturated carbocycles. The lowest BCUT2D eigenvalue weighted by Crippen LogP contribution is -2.64. The summed E-state index contributed by atoms with van der Waals surface area (Å²) in [6.45, 7) is 8.50. The van der Waals surface area contributed by atoms with E-state index < -0.39 is 11.3 Å². The van der Waals surface area contributed by atoms with Crippen LogP contribution in [0.3, 0.4) is 0 Å². The molecule has 2 aliphatic heterocycles. The Morgan fingerprint density at radius 2 is 1.78 bits per heavy atom. The maximum atomic E-state index is 13.6. The molecule has 3 amide bonds. The van der Waals surface area contributed by atoms with Crippen molar-refractivity contribution in [2.75, 3.05) is 26.2 Å². The normalized spacial score (nSPS) is 18.3. The molecule has 2 aliphatic rings. The van der Waals surface area contributed by atoms with Crippen LogP contribution in [0.4, 0.5) is 0 Å². The average molecular weight is 558 g/mol. The van der Waals surface area contributed by atoms with E-state index in [1.165, 1.54) is 0 Å². The van der Waals surface area contributed by atoms with Crippen molar-refractivity contribution in [3.05, 3.63) is 77.4 Å². The summed E-state index contributed by atoms with van der Waals surface area (Å²) >= 11 is 0. The van der Waals surface area contributed by atoms with Crippen LogP contribution < -0.4 is 5.32 Å². The molecule has 2 atom stereocenters. The highest BCUT2D eigenvalue weighted by molar-refractivity contribution is 5.95. The van der Waals surface area contributed by atoms with Gasteiger partial charge in [-0.2, -0.15) is 15.3 Å². The number of hydrogen-bond donors (Lipinski definition) is 1. The van der Waals surface area contributed by atoms with E-state index in [9.17, 15) is 14.4 Å². The van der Waals surface area contributed by atoms with Crippen LogP contribution in [0.15, 0.2) is 54.9 Å². The third-order valence-corrected chi connectivity index (χ3v) is 8.42. The molecule has 2 fully saturated rings. The standard InChI is InChI=1S/C31H39N7O3/c1-4-9-24(5-2)29(40)37-20-31(21-37)19-36(18-27(31)28(39)32-15-26-13-12-22(3)34-35-26)30(41)25-14-33-38(17-25)16-23-10-7-6-8-11-23/h6-8,10-14,17,24,27H,4-5,9,15-16,18-21H2,1-3H3,(H,32,39)/t24-,27+/m1/s1. The Balaban J connectivity index is 1.30. The minimum absolute atomic E-state index is 0.000621. The van der Waals surface area contributed by atoms with Crippen molar-refractivity contribution in [1.82, 2.24) is 35.1 Å². The number of amides is 3. The average Bonchev–Trinajstić information content (AvgIpc) is 3.60. The molecule has 3 aromatic rings. The predicted molar refractivity (Wildman–Crippen MR) is 153 cm³/mol. The van der Waals surface area contributed by atoms with Gasteiger partial charge in [-0.05, 0) is 37.5 Å². The summed E-state index contributed by atoms with van der Waals surface area (Å²) in [5.74, 6) is -0.555. The van der Waals surface area contributed by atoms with Crippen molar-refractivity contribution in [1.29, 1.82) is 0 Å². The third kappa shape index (κ3) is 6.16. The monoisotopic (exact) mass is 557 g/mol. The SMILES string of the molecule is CCC[C@@H](CC)C(=O)N1CC2(CN(C(=O)c3cnn(Cc4ccccc4)c3)C[C@H]2C(=O)NCc2ccc(C)nn2)C1. The van der Waals surface area contributed by atoms with Gasteiger partial charge in [-0.3, -0.25) is 19.1 Å². The molecule has 4 heterocycles. The van der Waals surface area contributed by atoms with Gasteiger partial charge in [0.15, 0.2) is 0 Å². The Kier molecular flexibility index (Phi) is 8.46. The number of likely N-dealkylation sites (tertiary alicyclic amines) is 2. The number of aryl methyl sites for hydroxylation is 1. The molecule has 10 nitrogen and oxygen atoms in total. The van der Waals surface area contributed by atoms with E-state index in [0.29, 0.717) is 44.0 Å². The van der Waals surface area contributed by atoms with Gasteiger partial charge >= 0.3 is 0 Å². The van der Waals surface area contributed by atoms with Crippen LogP contribution in [0.25, 0.3) is 0 Å². The number of aromatic nitrogens is 4. The molecule has 0 radical (unpaired) electrons. The summed E-state index contributed by atoms with van der Waals surface area (Å²) in [4.78, 5) is 44.0. The quantitative estimate of drug-likeness (QED) is 0.410. The predicted octanol–water partition coefficient (Wildman–Crippen LogP) is 3.07. The molecule has 5 rings (SSSR count). The fraction of sp³-hybridized carbons (Fsp3) is 0.484. The smallest absolute Gasteiger partial charge is 0.257 e. The van der Waals surface area contributed by atoms with Crippen molar-refractivity contribution < 1.29 is 14.4 Å². The Labute approximate surface area is 241 Å². The zero-order valence-electron chi connectivity index (χ0n) is 24.1. The Hall–Kier alpha value is -4.08. The molecular weight excluding hydrogens is 518 g/mol. The molecular formula is C31H39N7O3. The van der Waals surface area contributed by atoms with Crippen LogP contribution in [0.5, 0.6) is 0 Å². The van der Waals surface area contributed by atoms with Gasteiger partial charge in [0.2, 0.25) is 11.8 Å². The van der Waals surface area contributed by atoms with E-state index >= 15 is 0 Å². The summed E-state index contributed by atoms with van der Waals surface area (Å²) < 4.78 is 1.75. The zero-order chi connectivity index (χ0) is 29.0. The van der Waals surface area contributed by atoms with Crippen molar-refractivity contribution in [3.63, 3.8) is 0 Å².